The molecule has 25 heavy (non-hydrogen) atoms. The van der Waals surface area contributed by atoms with Crippen molar-refractivity contribution in [3.05, 3.63) is 23.2 Å². The molecule has 1 aliphatic heterocycles. The number of urea groups is 1. The molecule has 0 radical (unpaired) electrons. The minimum absolute atomic E-state index is 0.0539. The Hall–Kier alpha value is -1.46. The van der Waals surface area contributed by atoms with Crippen LogP contribution in [0.15, 0.2) is 18.2 Å². The molecule has 0 unspecified atom stereocenters. The summed E-state index contributed by atoms with van der Waals surface area (Å²) in [7, 11) is 1.58. The number of anilines is 1. The highest BCUT2D eigenvalue weighted by Gasteiger charge is 2.26. The van der Waals surface area contributed by atoms with E-state index in [9.17, 15) is 4.79 Å². The van der Waals surface area contributed by atoms with Crippen LogP contribution in [0.3, 0.4) is 0 Å². The summed E-state index contributed by atoms with van der Waals surface area (Å²) in [6.07, 6.45) is 8.09. The number of nitrogens with one attached hydrogen (secondary N) is 1. The van der Waals surface area contributed by atoms with Crippen molar-refractivity contribution in [3.8, 4) is 5.75 Å². The van der Waals surface area contributed by atoms with Gasteiger partial charge >= 0.3 is 6.03 Å². The van der Waals surface area contributed by atoms with Crippen molar-refractivity contribution >= 4 is 23.3 Å². The first kappa shape index (κ1) is 18.3. The Morgan fingerprint density at radius 2 is 1.80 bits per heavy atom. The lowest BCUT2D eigenvalue weighted by Crippen LogP contribution is -2.52. The number of piperazine rings is 1. The lowest BCUT2D eigenvalue weighted by Gasteiger charge is -2.39. The number of methoxy groups -OCH3 is 1. The number of halogens is 1. The summed E-state index contributed by atoms with van der Waals surface area (Å²) in [5, 5.41) is 3.44. The van der Waals surface area contributed by atoms with Crippen molar-refractivity contribution in [2.75, 3.05) is 38.6 Å². The zero-order valence-electron chi connectivity index (χ0n) is 15.0. The van der Waals surface area contributed by atoms with E-state index in [1.807, 2.05) is 11.0 Å². The number of rotatable bonds is 3. The average Bonchev–Trinajstić information content (AvgIpc) is 2.91. The summed E-state index contributed by atoms with van der Waals surface area (Å²) in [5.74, 6) is 0.608. The van der Waals surface area contributed by atoms with Crippen molar-refractivity contribution in [1.82, 2.24) is 9.80 Å². The van der Waals surface area contributed by atoms with Crippen LogP contribution in [0.2, 0.25) is 5.02 Å². The zero-order valence-corrected chi connectivity index (χ0v) is 15.7. The monoisotopic (exact) mass is 365 g/mol. The number of hydrogen-bond acceptors (Lipinski definition) is 3. The number of nitrogens with zero attached hydrogens (tertiary/aromatic N) is 2. The molecule has 6 heteroatoms. The molecular weight excluding hydrogens is 338 g/mol. The van der Waals surface area contributed by atoms with Crippen LogP contribution >= 0.6 is 11.6 Å². The fraction of sp³-hybridized carbons (Fsp3) is 0.632. The van der Waals surface area contributed by atoms with Crippen LogP contribution in [0, 0.1) is 0 Å². The molecule has 0 atom stereocenters. The van der Waals surface area contributed by atoms with Crippen molar-refractivity contribution in [3.63, 3.8) is 0 Å². The second-order valence-electron chi connectivity index (χ2n) is 6.95. The third-order valence-corrected chi connectivity index (χ3v) is 5.64. The van der Waals surface area contributed by atoms with Gasteiger partial charge in [-0.15, -0.1) is 0 Å². The van der Waals surface area contributed by atoms with Crippen LogP contribution < -0.4 is 10.1 Å². The Kier molecular flexibility index (Phi) is 6.43. The zero-order chi connectivity index (χ0) is 17.6. The molecule has 1 heterocycles. The van der Waals surface area contributed by atoms with Gasteiger partial charge in [0.05, 0.1) is 12.1 Å². The van der Waals surface area contributed by atoms with Gasteiger partial charge in [0.25, 0.3) is 0 Å². The molecule has 2 fully saturated rings. The lowest BCUT2D eigenvalue weighted by atomic mass is 10.1. The molecule has 1 saturated heterocycles. The summed E-state index contributed by atoms with van der Waals surface area (Å²) in [5.41, 5.74) is 0.696. The van der Waals surface area contributed by atoms with Crippen molar-refractivity contribution in [2.24, 2.45) is 0 Å². The average molecular weight is 366 g/mol. The van der Waals surface area contributed by atoms with Crippen LogP contribution in [0.25, 0.3) is 0 Å². The number of carbonyl (C=O) groups excluding carboxylic acids is 1. The number of hydrogen-bond donors (Lipinski definition) is 1. The lowest BCUT2D eigenvalue weighted by molar-refractivity contribution is 0.105. The molecule has 0 aromatic heterocycles. The van der Waals surface area contributed by atoms with E-state index < -0.39 is 0 Å². The van der Waals surface area contributed by atoms with E-state index in [0.29, 0.717) is 22.5 Å². The summed E-state index contributed by atoms with van der Waals surface area (Å²) < 4.78 is 5.14. The Balaban J connectivity index is 1.50. The molecular formula is C19H28ClN3O2. The van der Waals surface area contributed by atoms with Gasteiger partial charge in [0.15, 0.2) is 0 Å². The summed E-state index contributed by atoms with van der Waals surface area (Å²) in [6, 6.07) is 5.96. The molecule has 0 spiro atoms. The van der Waals surface area contributed by atoms with E-state index in [-0.39, 0.29) is 6.03 Å². The molecule has 1 aliphatic carbocycles. The third kappa shape index (κ3) is 4.79. The molecule has 1 aromatic carbocycles. The SMILES string of the molecule is COc1ccc(NC(=O)N2CCN(C3CCCCCC3)CC2)cc1Cl. The molecule has 1 aromatic rings. The topological polar surface area (TPSA) is 44.8 Å². The standard InChI is InChI=1S/C19H28ClN3O2/c1-25-18-9-8-15(14-17(18)20)21-19(24)23-12-10-22(11-13-23)16-6-4-2-3-5-7-16/h8-9,14,16H,2-7,10-13H2,1H3,(H,21,24). The number of benzene rings is 1. The molecule has 0 bridgehead atoms. The highest BCUT2D eigenvalue weighted by molar-refractivity contribution is 6.32. The Morgan fingerprint density at radius 3 is 2.40 bits per heavy atom. The second kappa shape index (κ2) is 8.77. The van der Waals surface area contributed by atoms with E-state index in [1.165, 1.54) is 38.5 Å². The van der Waals surface area contributed by atoms with Crippen LogP contribution in [0.4, 0.5) is 10.5 Å². The minimum Gasteiger partial charge on any atom is -0.495 e. The van der Waals surface area contributed by atoms with Gasteiger partial charge in [0.2, 0.25) is 0 Å². The van der Waals surface area contributed by atoms with Crippen LogP contribution in [0.1, 0.15) is 38.5 Å². The fourth-order valence-electron chi connectivity index (χ4n) is 3.86. The quantitative estimate of drug-likeness (QED) is 0.815. The van der Waals surface area contributed by atoms with Gasteiger partial charge in [-0.1, -0.05) is 37.3 Å². The minimum atomic E-state index is -0.0539. The Bertz CT molecular complexity index is 580. The maximum atomic E-state index is 12.5. The predicted octanol–water partition coefficient (Wildman–Crippen LogP) is 4.22. The van der Waals surface area contributed by atoms with Gasteiger partial charge in [0, 0.05) is 37.9 Å². The van der Waals surface area contributed by atoms with Gasteiger partial charge in [-0.2, -0.15) is 0 Å². The maximum absolute atomic E-state index is 12.5. The van der Waals surface area contributed by atoms with Crippen molar-refractivity contribution in [1.29, 1.82) is 0 Å². The number of amides is 2. The van der Waals surface area contributed by atoms with Gasteiger partial charge in [0.1, 0.15) is 5.75 Å². The van der Waals surface area contributed by atoms with Crippen molar-refractivity contribution < 1.29 is 9.53 Å². The molecule has 3 rings (SSSR count). The van der Waals surface area contributed by atoms with Crippen LogP contribution in [0.5, 0.6) is 5.75 Å². The molecule has 138 valence electrons. The molecule has 2 aliphatic rings. The first-order valence-electron chi connectivity index (χ1n) is 9.31. The van der Waals surface area contributed by atoms with Crippen LogP contribution in [-0.4, -0.2) is 55.2 Å². The van der Waals surface area contributed by atoms with Crippen LogP contribution in [-0.2, 0) is 0 Å². The van der Waals surface area contributed by atoms with E-state index in [4.69, 9.17) is 16.3 Å². The summed E-state index contributed by atoms with van der Waals surface area (Å²) in [6.45, 7) is 3.52. The first-order valence-corrected chi connectivity index (χ1v) is 9.68. The normalized spacial score (nSPS) is 20.2. The highest BCUT2D eigenvalue weighted by Crippen LogP contribution is 2.27. The van der Waals surface area contributed by atoms with Gasteiger partial charge in [-0.05, 0) is 31.0 Å². The van der Waals surface area contributed by atoms with Gasteiger partial charge < -0.3 is 15.0 Å². The number of ether oxygens (including phenoxy) is 1. The van der Waals surface area contributed by atoms with Crippen molar-refractivity contribution in [2.45, 2.75) is 44.6 Å². The Morgan fingerprint density at radius 1 is 1.12 bits per heavy atom. The fourth-order valence-corrected chi connectivity index (χ4v) is 4.12. The predicted molar refractivity (Wildman–Crippen MR) is 102 cm³/mol. The second-order valence-corrected chi connectivity index (χ2v) is 7.36. The van der Waals surface area contributed by atoms with E-state index in [2.05, 4.69) is 10.2 Å². The van der Waals surface area contributed by atoms with E-state index >= 15 is 0 Å². The van der Waals surface area contributed by atoms with Gasteiger partial charge in [-0.3, -0.25) is 4.90 Å². The first-order chi connectivity index (χ1) is 12.2. The Labute approximate surface area is 155 Å². The van der Waals surface area contributed by atoms with E-state index in [1.54, 1.807) is 19.2 Å². The number of carbonyl (C=O) groups is 1. The summed E-state index contributed by atoms with van der Waals surface area (Å²) >= 11 is 6.12. The molecule has 2 amide bonds. The largest absolute Gasteiger partial charge is 0.495 e. The molecule has 5 nitrogen and oxygen atoms in total. The summed E-state index contributed by atoms with van der Waals surface area (Å²) in [4.78, 5) is 17.0. The molecule has 1 N–H and O–H groups in total. The third-order valence-electron chi connectivity index (χ3n) is 5.35. The highest BCUT2D eigenvalue weighted by atomic mass is 35.5. The smallest absolute Gasteiger partial charge is 0.321 e. The van der Waals surface area contributed by atoms with E-state index in [0.717, 1.165) is 26.2 Å². The maximum Gasteiger partial charge on any atom is 0.321 e. The molecule has 1 saturated carbocycles. The van der Waals surface area contributed by atoms with Gasteiger partial charge in [-0.25, -0.2) is 4.79 Å².